The van der Waals surface area contributed by atoms with E-state index in [0.29, 0.717) is 0 Å². The minimum Gasteiger partial charge on any atom is -0.387 e. The van der Waals surface area contributed by atoms with Crippen LogP contribution in [0.2, 0.25) is 0 Å². The third-order valence-corrected chi connectivity index (χ3v) is 6.70. The lowest BCUT2D eigenvalue weighted by molar-refractivity contribution is -0.209. The lowest BCUT2D eigenvalue weighted by atomic mass is 9.96. The van der Waals surface area contributed by atoms with Gasteiger partial charge in [-0.25, -0.2) is 4.39 Å². The monoisotopic (exact) mass is 477 g/mol. The van der Waals surface area contributed by atoms with Crippen molar-refractivity contribution in [1.29, 1.82) is 0 Å². The maximum Gasteiger partial charge on any atom is 0.190 e. The molecule has 184 valence electrons. The Morgan fingerprint density at radius 3 is 2.31 bits per heavy atom. The number of ether oxygens (including phenoxy) is 3. The molecular formula is C29H32FNO4. The van der Waals surface area contributed by atoms with E-state index < -0.39 is 30.4 Å². The van der Waals surface area contributed by atoms with Crippen LogP contribution in [-0.2, 0) is 14.2 Å². The molecule has 2 aliphatic rings. The van der Waals surface area contributed by atoms with Crippen LogP contribution in [-0.4, -0.2) is 40.1 Å². The van der Waals surface area contributed by atoms with Crippen LogP contribution < -0.4 is 0 Å². The minimum absolute atomic E-state index is 0.220. The SMILES string of the molecule is Cc1c(-c2ccccc2)c(-c2ccc(F)cc2)n(/C=C/[C@H]2OC3OC(C)(C)OC3[C@H]2O)c1C(C)C. The van der Waals surface area contributed by atoms with Crippen molar-refractivity contribution >= 4 is 6.20 Å². The molecule has 3 heterocycles. The van der Waals surface area contributed by atoms with E-state index in [9.17, 15) is 9.50 Å². The lowest BCUT2D eigenvalue weighted by Gasteiger charge is -2.21. The van der Waals surface area contributed by atoms with Gasteiger partial charge < -0.3 is 23.9 Å². The van der Waals surface area contributed by atoms with Crippen LogP contribution >= 0.6 is 0 Å². The average Bonchev–Trinajstić information content (AvgIpc) is 3.39. The summed E-state index contributed by atoms with van der Waals surface area (Å²) in [5.41, 5.74) is 6.37. The first kappa shape index (κ1) is 23.9. The van der Waals surface area contributed by atoms with Crippen molar-refractivity contribution in [1.82, 2.24) is 4.57 Å². The molecule has 0 saturated carbocycles. The van der Waals surface area contributed by atoms with Crippen LogP contribution in [0.3, 0.4) is 0 Å². The van der Waals surface area contributed by atoms with Gasteiger partial charge in [0.1, 0.15) is 24.1 Å². The minimum atomic E-state index is -0.847. The van der Waals surface area contributed by atoms with Gasteiger partial charge in [-0.2, -0.15) is 0 Å². The highest BCUT2D eigenvalue weighted by molar-refractivity contribution is 5.87. The van der Waals surface area contributed by atoms with Crippen LogP contribution in [0.15, 0.2) is 60.7 Å². The highest BCUT2D eigenvalue weighted by atomic mass is 19.1. The molecule has 0 spiro atoms. The molecule has 5 nitrogen and oxygen atoms in total. The molecule has 2 fully saturated rings. The molecule has 4 atom stereocenters. The van der Waals surface area contributed by atoms with Crippen LogP contribution in [0, 0.1) is 12.7 Å². The first-order valence-corrected chi connectivity index (χ1v) is 12.1. The van der Waals surface area contributed by atoms with Crippen LogP contribution in [0.4, 0.5) is 4.39 Å². The Hall–Kier alpha value is -2.77. The average molecular weight is 478 g/mol. The molecule has 0 aliphatic carbocycles. The fourth-order valence-corrected chi connectivity index (χ4v) is 5.29. The predicted molar refractivity (Wildman–Crippen MR) is 134 cm³/mol. The Morgan fingerprint density at radius 1 is 1.00 bits per heavy atom. The topological polar surface area (TPSA) is 52.9 Å². The summed E-state index contributed by atoms with van der Waals surface area (Å²) in [7, 11) is 0. The van der Waals surface area contributed by atoms with Gasteiger partial charge in [0, 0.05) is 17.5 Å². The van der Waals surface area contributed by atoms with Gasteiger partial charge in [0.25, 0.3) is 0 Å². The largest absolute Gasteiger partial charge is 0.387 e. The molecule has 35 heavy (non-hydrogen) atoms. The van der Waals surface area contributed by atoms with Gasteiger partial charge in [0.15, 0.2) is 12.1 Å². The summed E-state index contributed by atoms with van der Waals surface area (Å²) in [6.45, 7) is 10.1. The Bertz CT molecular complexity index is 1230. The molecule has 1 aromatic heterocycles. The van der Waals surface area contributed by atoms with Crippen molar-refractivity contribution in [2.45, 2.75) is 70.9 Å². The Labute approximate surface area is 205 Å². The number of nitrogens with zero attached hydrogens (tertiary/aromatic N) is 1. The molecule has 2 aliphatic heterocycles. The van der Waals surface area contributed by atoms with Crippen molar-refractivity contribution in [2.75, 3.05) is 0 Å². The first-order valence-electron chi connectivity index (χ1n) is 12.1. The van der Waals surface area contributed by atoms with E-state index in [-0.39, 0.29) is 11.7 Å². The van der Waals surface area contributed by atoms with Gasteiger partial charge in [-0.1, -0.05) is 44.2 Å². The van der Waals surface area contributed by atoms with E-state index in [1.807, 2.05) is 44.3 Å². The van der Waals surface area contributed by atoms with E-state index >= 15 is 0 Å². The summed E-state index contributed by atoms with van der Waals surface area (Å²) < 4.78 is 33.6. The molecule has 2 aromatic carbocycles. The number of aromatic nitrogens is 1. The zero-order valence-corrected chi connectivity index (χ0v) is 20.7. The van der Waals surface area contributed by atoms with E-state index in [1.165, 1.54) is 12.1 Å². The van der Waals surface area contributed by atoms with Gasteiger partial charge in [-0.05, 0) is 73.7 Å². The van der Waals surface area contributed by atoms with Gasteiger partial charge in [-0.3, -0.25) is 0 Å². The molecule has 0 radical (unpaired) electrons. The van der Waals surface area contributed by atoms with E-state index in [0.717, 1.165) is 33.6 Å². The van der Waals surface area contributed by atoms with Crippen molar-refractivity contribution in [3.63, 3.8) is 0 Å². The lowest BCUT2D eigenvalue weighted by Crippen LogP contribution is -2.33. The standard InChI is InChI=1S/C29H32FNO4/c1-17(2)24-18(3)23(19-9-7-6-8-10-19)25(20-11-13-21(30)14-12-20)31(24)16-15-22-26(32)27-28(33-22)35-29(4,5)34-27/h6-17,22,26-28,32H,1-5H3/b16-15+/t22-,26+,27?,28?/m1/s1. The molecule has 3 aromatic rings. The molecular weight excluding hydrogens is 445 g/mol. The molecule has 2 saturated heterocycles. The van der Waals surface area contributed by atoms with E-state index in [1.54, 1.807) is 12.1 Å². The number of halogens is 1. The number of rotatable bonds is 5. The summed E-state index contributed by atoms with van der Waals surface area (Å²) in [4.78, 5) is 0. The summed E-state index contributed by atoms with van der Waals surface area (Å²) in [6.07, 6.45) is 1.24. The predicted octanol–water partition coefficient (Wildman–Crippen LogP) is 6.10. The third kappa shape index (κ3) is 4.36. The van der Waals surface area contributed by atoms with Gasteiger partial charge >= 0.3 is 0 Å². The number of fused-ring (bicyclic) bond motifs is 1. The Kier molecular flexibility index (Phi) is 6.18. The fraction of sp³-hybridized carbons (Fsp3) is 0.379. The normalized spacial score (nSPS) is 25.6. The summed E-state index contributed by atoms with van der Waals surface area (Å²) in [5.74, 6) is -0.841. The number of aliphatic hydroxyl groups is 1. The second kappa shape index (κ2) is 9.03. The van der Waals surface area contributed by atoms with Crippen LogP contribution in [0.5, 0.6) is 0 Å². The van der Waals surface area contributed by atoms with Crippen molar-refractivity contribution < 1.29 is 23.7 Å². The summed E-state index contributed by atoms with van der Waals surface area (Å²) in [6, 6.07) is 16.8. The quantitative estimate of drug-likeness (QED) is 0.482. The summed E-state index contributed by atoms with van der Waals surface area (Å²) in [5, 5.41) is 10.9. The maximum atomic E-state index is 13.8. The molecule has 5 rings (SSSR count). The second-order valence-corrected chi connectivity index (χ2v) is 10.0. The first-order chi connectivity index (χ1) is 16.7. The molecule has 0 bridgehead atoms. The van der Waals surface area contributed by atoms with E-state index in [4.69, 9.17) is 14.2 Å². The zero-order valence-electron chi connectivity index (χ0n) is 20.7. The maximum absolute atomic E-state index is 13.8. The highest BCUT2D eigenvalue weighted by Gasteiger charge is 2.53. The second-order valence-electron chi connectivity index (χ2n) is 10.0. The number of hydrogen-bond acceptors (Lipinski definition) is 4. The number of aliphatic hydroxyl groups excluding tert-OH is 1. The van der Waals surface area contributed by atoms with E-state index in [2.05, 4.69) is 37.5 Å². The van der Waals surface area contributed by atoms with Gasteiger partial charge in [-0.15, -0.1) is 0 Å². The van der Waals surface area contributed by atoms with Gasteiger partial charge in [0.05, 0.1) is 5.69 Å². The van der Waals surface area contributed by atoms with Crippen molar-refractivity contribution in [2.24, 2.45) is 0 Å². The molecule has 2 unspecified atom stereocenters. The molecule has 0 amide bonds. The van der Waals surface area contributed by atoms with Crippen LogP contribution in [0.1, 0.15) is 44.9 Å². The number of benzene rings is 2. The Morgan fingerprint density at radius 2 is 1.69 bits per heavy atom. The number of hydrogen-bond donors (Lipinski definition) is 1. The fourth-order valence-electron chi connectivity index (χ4n) is 5.29. The van der Waals surface area contributed by atoms with Crippen LogP contribution in [0.25, 0.3) is 28.6 Å². The summed E-state index contributed by atoms with van der Waals surface area (Å²) >= 11 is 0. The molecule has 6 heteroatoms. The van der Waals surface area contributed by atoms with Gasteiger partial charge in [0.2, 0.25) is 0 Å². The van der Waals surface area contributed by atoms with Crippen molar-refractivity contribution in [3.05, 3.63) is 77.7 Å². The third-order valence-electron chi connectivity index (χ3n) is 6.70. The Balaban J connectivity index is 1.62. The highest BCUT2D eigenvalue weighted by Crippen LogP contribution is 2.42. The smallest absolute Gasteiger partial charge is 0.190 e. The van der Waals surface area contributed by atoms with Crippen molar-refractivity contribution in [3.8, 4) is 22.4 Å². The molecule has 1 N–H and O–H groups in total. The zero-order chi connectivity index (χ0) is 24.9.